The van der Waals surface area contributed by atoms with Crippen LogP contribution in [-0.4, -0.2) is 51.1 Å². The van der Waals surface area contributed by atoms with Crippen LogP contribution in [0.4, 0.5) is 5.69 Å². The molecule has 0 spiro atoms. The summed E-state index contributed by atoms with van der Waals surface area (Å²) >= 11 is 6.32. The quantitative estimate of drug-likeness (QED) is 0.218. The number of carbonyl (C=O) groups excluding carboxylic acids is 1. The minimum atomic E-state index is -4.19. The zero-order valence-electron chi connectivity index (χ0n) is 22.3. The van der Waals surface area contributed by atoms with Gasteiger partial charge in [-0.1, -0.05) is 47.5 Å². The molecule has 0 atom stereocenters. The van der Waals surface area contributed by atoms with Gasteiger partial charge >= 0.3 is 0 Å². The summed E-state index contributed by atoms with van der Waals surface area (Å²) in [6.07, 6.45) is 1.38. The van der Waals surface area contributed by atoms with Crippen molar-refractivity contribution in [2.75, 3.05) is 25.1 Å². The van der Waals surface area contributed by atoms with Gasteiger partial charge in [-0.3, -0.25) is 9.10 Å². The van der Waals surface area contributed by atoms with Crippen LogP contribution < -0.4 is 19.2 Å². The second kappa shape index (κ2) is 12.2. The van der Waals surface area contributed by atoms with Gasteiger partial charge < -0.3 is 9.47 Å². The Hall–Kier alpha value is -4.35. The number of rotatable bonds is 10. The van der Waals surface area contributed by atoms with Crippen LogP contribution >= 0.6 is 11.6 Å². The monoisotopic (exact) mass is 581 g/mol. The number of amides is 1. The number of sulfonamides is 1. The SMILES string of the molecule is COc1ccc(S(=O)(=O)N(CC(=O)N/N=C\c2c(Cl)nn(-c3ccccc3)c2C)c2ccc(C)cc2)cc1OC. The van der Waals surface area contributed by atoms with Crippen molar-refractivity contribution < 1.29 is 22.7 Å². The third-order valence-electron chi connectivity index (χ3n) is 6.05. The maximum atomic E-state index is 13.7. The average Bonchev–Trinajstić information content (AvgIpc) is 3.25. The Labute approximate surface area is 237 Å². The number of hydrogen-bond donors (Lipinski definition) is 1. The Morgan fingerprint density at radius 2 is 1.70 bits per heavy atom. The lowest BCUT2D eigenvalue weighted by Gasteiger charge is -2.24. The molecule has 0 unspecified atom stereocenters. The van der Waals surface area contributed by atoms with Gasteiger partial charge in [0.25, 0.3) is 15.9 Å². The number of ether oxygens (including phenoxy) is 2. The number of methoxy groups -OCH3 is 2. The molecule has 0 radical (unpaired) electrons. The zero-order chi connectivity index (χ0) is 28.9. The summed E-state index contributed by atoms with van der Waals surface area (Å²) < 4.78 is 40.6. The zero-order valence-corrected chi connectivity index (χ0v) is 23.9. The highest BCUT2D eigenvalue weighted by Crippen LogP contribution is 2.32. The van der Waals surface area contributed by atoms with Crippen molar-refractivity contribution >= 4 is 39.4 Å². The first-order valence-corrected chi connectivity index (χ1v) is 13.9. The van der Waals surface area contributed by atoms with Crippen molar-refractivity contribution in [3.05, 3.63) is 94.8 Å². The molecule has 208 valence electrons. The molecule has 1 heterocycles. The van der Waals surface area contributed by atoms with E-state index < -0.39 is 22.5 Å². The van der Waals surface area contributed by atoms with Crippen molar-refractivity contribution in [3.63, 3.8) is 0 Å². The first kappa shape index (κ1) is 28.7. The summed E-state index contributed by atoms with van der Waals surface area (Å²) in [5.74, 6) is -0.0464. The summed E-state index contributed by atoms with van der Waals surface area (Å²) in [4.78, 5) is 12.9. The number of benzene rings is 3. The first-order chi connectivity index (χ1) is 19.1. The van der Waals surface area contributed by atoms with Gasteiger partial charge in [0.15, 0.2) is 16.7 Å². The number of nitrogens with zero attached hydrogens (tertiary/aromatic N) is 4. The molecule has 0 aliphatic heterocycles. The molecule has 0 saturated heterocycles. The molecule has 4 rings (SSSR count). The number of nitrogens with one attached hydrogen (secondary N) is 1. The molecule has 40 heavy (non-hydrogen) atoms. The van der Waals surface area contributed by atoms with Gasteiger partial charge in [0.2, 0.25) is 0 Å². The van der Waals surface area contributed by atoms with E-state index >= 15 is 0 Å². The highest BCUT2D eigenvalue weighted by Gasteiger charge is 2.28. The molecular weight excluding hydrogens is 554 g/mol. The van der Waals surface area contributed by atoms with Crippen molar-refractivity contribution in [2.24, 2.45) is 5.10 Å². The molecule has 3 aromatic carbocycles. The third kappa shape index (κ3) is 6.11. The van der Waals surface area contributed by atoms with E-state index in [-0.39, 0.29) is 15.8 Å². The van der Waals surface area contributed by atoms with Crippen LogP contribution in [-0.2, 0) is 14.8 Å². The maximum absolute atomic E-state index is 13.7. The number of halogens is 1. The highest BCUT2D eigenvalue weighted by molar-refractivity contribution is 7.92. The van der Waals surface area contributed by atoms with Crippen LogP contribution in [0.2, 0.25) is 5.15 Å². The number of para-hydroxylation sites is 1. The van der Waals surface area contributed by atoms with Crippen molar-refractivity contribution in [2.45, 2.75) is 18.7 Å². The molecular formula is C28H28ClN5O5S. The maximum Gasteiger partial charge on any atom is 0.264 e. The number of hydrogen-bond acceptors (Lipinski definition) is 7. The minimum absolute atomic E-state index is 0.0715. The van der Waals surface area contributed by atoms with Gasteiger partial charge in [0, 0.05) is 6.07 Å². The number of aryl methyl sites for hydroxylation is 1. The Kier molecular flexibility index (Phi) is 8.76. The Morgan fingerprint density at radius 1 is 1.02 bits per heavy atom. The fraction of sp³-hybridized carbons (Fsp3) is 0.179. The van der Waals surface area contributed by atoms with Gasteiger partial charge in [-0.2, -0.15) is 10.2 Å². The van der Waals surface area contributed by atoms with Gasteiger partial charge in [-0.15, -0.1) is 0 Å². The van der Waals surface area contributed by atoms with Crippen LogP contribution in [0.3, 0.4) is 0 Å². The van der Waals surface area contributed by atoms with Crippen molar-refractivity contribution in [3.8, 4) is 17.2 Å². The van der Waals surface area contributed by atoms with E-state index in [1.54, 1.807) is 28.9 Å². The van der Waals surface area contributed by atoms with E-state index in [0.29, 0.717) is 22.7 Å². The topological polar surface area (TPSA) is 115 Å². The van der Waals surface area contributed by atoms with E-state index in [1.807, 2.05) is 44.2 Å². The van der Waals surface area contributed by atoms with E-state index in [2.05, 4.69) is 15.6 Å². The van der Waals surface area contributed by atoms with E-state index in [1.165, 1.54) is 38.6 Å². The minimum Gasteiger partial charge on any atom is -0.493 e. The summed E-state index contributed by atoms with van der Waals surface area (Å²) in [7, 11) is -1.32. The molecule has 10 nitrogen and oxygen atoms in total. The van der Waals surface area contributed by atoms with Gasteiger partial charge in [0.1, 0.15) is 6.54 Å². The van der Waals surface area contributed by atoms with Crippen molar-refractivity contribution in [1.29, 1.82) is 0 Å². The highest BCUT2D eigenvalue weighted by atomic mass is 35.5. The second-order valence-corrected chi connectivity index (χ2v) is 10.9. The molecule has 4 aromatic rings. The Morgan fingerprint density at radius 3 is 2.35 bits per heavy atom. The molecule has 0 aliphatic carbocycles. The fourth-order valence-electron chi connectivity index (χ4n) is 3.91. The predicted molar refractivity (Wildman–Crippen MR) is 154 cm³/mol. The van der Waals surface area contributed by atoms with Crippen LogP contribution in [0.5, 0.6) is 11.5 Å². The number of anilines is 1. The summed E-state index contributed by atoms with van der Waals surface area (Å²) in [6, 6.07) is 20.4. The number of carbonyl (C=O) groups is 1. The molecule has 1 aromatic heterocycles. The van der Waals surface area contributed by atoms with Crippen LogP contribution in [0.25, 0.3) is 5.69 Å². The van der Waals surface area contributed by atoms with E-state index in [9.17, 15) is 13.2 Å². The molecule has 0 aliphatic rings. The smallest absolute Gasteiger partial charge is 0.264 e. The van der Waals surface area contributed by atoms with E-state index in [0.717, 1.165) is 15.6 Å². The van der Waals surface area contributed by atoms with Crippen LogP contribution in [0.15, 0.2) is 82.8 Å². The first-order valence-electron chi connectivity index (χ1n) is 12.1. The van der Waals surface area contributed by atoms with Gasteiger partial charge in [-0.25, -0.2) is 18.5 Å². The average molecular weight is 582 g/mol. The Bertz CT molecular complexity index is 1640. The molecule has 0 saturated carbocycles. The fourth-order valence-corrected chi connectivity index (χ4v) is 5.61. The molecule has 12 heteroatoms. The molecule has 0 fully saturated rings. The normalized spacial score (nSPS) is 11.4. The standard InChI is InChI=1S/C28H28ClN5O5S/c1-19-10-12-21(13-11-19)33(40(36,37)23-14-15-25(38-3)26(16-23)39-4)18-27(35)31-30-17-24-20(2)34(32-28(24)29)22-8-6-5-7-9-22/h5-17H,18H2,1-4H3,(H,31,35)/b30-17-. The number of aromatic nitrogens is 2. The van der Waals surface area contributed by atoms with E-state index in [4.69, 9.17) is 21.1 Å². The largest absolute Gasteiger partial charge is 0.493 e. The Balaban J connectivity index is 1.58. The van der Waals surface area contributed by atoms with Crippen LogP contribution in [0.1, 0.15) is 16.8 Å². The lowest BCUT2D eigenvalue weighted by Crippen LogP contribution is -2.39. The van der Waals surface area contributed by atoms with Gasteiger partial charge in [0.05, 0.1) is 48.0 Å². The lowest BCUT2D eigenvalue weighted by molar-refractivity contribution is -0.119. The summed E-state index contributed by atoms with van der Waals surface area (Å²) in [5, 5.41) is 8.56. The predicted octanol–water partition coefficient (Wildman–Crippen LogP) is 4.51. The summed E-state index contributed by atoms with van der Waals surface area (Å²) in [5.41, 5.74) is 5.68. The van der Waals surface area contributed by atoms with Crippen molar-refractivity contribution in [1.82, 2.24) is 15.2 Å². The number of hydrazone groups is 1. The second-order valence-electron chi connectivity index (χ2n) is 8.69. The molecule has 1 amide bonds. The molecule has 1 N–H and O–H groups in total. The van der Waals surface area contributed by atoms with Gasteiger partial charge in [-0.05, 0) is 50.2 Å². The third-order valence-corrected chi connectivity index (χ3v) is 8.10. The summed E-state index contributed by atoms with van der Waals surface area (Å²) in [6.45, 7) is 3.17. The van der Waals surface area contributed by atoms with Crippen LogP contribution in [0, 0.1) is 13.8 Å². The molecule has 0 bridgehead atoms. The lowest BCUT2D eigenvalue weighted by atomic mass is 10.2.